The van der Waals surface area contributed by atoms with Crippen molar-refractivity contribution in [1.82, 2.24) is 9.30 Å². The van der Waals surface area contributed by atoms with E-state index in [-0.39, 0.29) is 0 Å². The normalized spacial score (nSPS) is 10.8. The van der Waals surface area contributed by atoms with Crippen molar-refractivity contribution in [3.05, 3.63) is 42.2 Å². The van der Waals surface area contributed by atoms with E-state index in [4.69, 9.17) is 0 Å². The summed E-state index contributed by atoms with van der Waals surface area (Å²) in [6.45, 7) is 9.59. The lowest BCUT2D eigenvalue weighted by Gasteiger charge is -2.20. The summed E-state index contributed by atoms with van der Waals surface area (Å²) in [5.41, 5.74) is 2.77. The van der Waals surface area contributed by atoms with Crippen molar-refractivity contribution in [3.8, 4) is 0 Å². The van der Waals surface area contributed by atoms with Crippen molar-refractivity contribution in [1.29, 1.82) is 0 Å². The van der Waals surface area contributed by atoms with Gasteiger partial charge in [0.05, 0.1) is 0 Å². The van der Waals surface area contributed by atoms with Crippen LogP contribution in [-0.2, 0) is 6.42 Å². The fourth-order valence-electron chi connectivity index (χ4n) is 1.88. The Morgan fingerprint density at radius 2 is 1.83 bits per heavy atom. The van der Waals surface area contributed by atoms with Gasteiger partial charge in [0, 0.05) is 30.5 Å². The molecule has 0 radical (unpaired) electrons. The van der Waals surface area contributed by atoms with Crippen molar-refractivity contribution < 1.29 is 0 Å². The third kappa shape index (κ3) is 3.61. The Bertz CT molecular complexity index is 457. The third-order valence-corrected chi connectivity index (χ3v) is 3.27. The van der Waals surface area contributed by atoms with E-state index in [2.05, 4.69) is 66.9 Å². The molecular weight excluding hydrogens is 220 g/mol. The Kier molecular flexibility index (Phi) is 5.93. The average Bonchev–Trinajstić information content (AvgIpc) is 2.81. The third-order valence-electron chi connectivity index (χ3n) is 3.27. The summed E-state index contributed by atoms with van der Waals surface area (Å²) in [6.07, 6.45) is 5.36. The summed E-state index contributed by atoms with van der Waals surface area (Å²) in [6, 6.07) is 9.20. The van der Waals surface area contributed by atoms with E-state index in [9.17, 15) is 0 Å². The van der Waals surface area contributed by atoms with Crippen molar-refractivity contribution in [3.63, 3.8) is 0 Å². The number of hydrogen-bond donors (Lipinski definition) is 0. The van der Waals surface area contributed by atoms with Gasteiger partial charge in [0.25, 0.3) is 0 Å². The van der Waals surface area contributed by atoms with E-state index in [0.29, 0.717) is 6.04 Å². The van der Waals surface area contributed by atoms with Crippen LogP contribution in [-0.4, -0.2) is 28.9 Å². The molecule has 0 aliphatic rings. The zero-order valence-electron chi connectivity index (χ0n) is 12.4. The molecule has 0 spiro atoms. The molecule has 0 amide bonds. The minimum absolute atomic E-state index is 0.619. The SMILES string of the molecule is CC.CC(C)N(C)CCc1ccn2ccccc12. The highest BCUT2D eigenvalue weighted by Gasteiger charge is 2.05. The quantitative estimate of drug-likeness (QED) is 0.795. The molecule has 0 fully saturated rings. The van der Waals surface area contributed by atoms with Crippen LogP contribution in [0, 0.1) is 0 Å². The Labute approximate surface area is 111 Å². The second-order valence-corrected chi connectivity index (χ2v) is 4.66. The van der Waals surface area contributed by atoms with Gasteiger partial charge in [0.2, 0.25) is 0 Å². The summed E-state index contributed by atoms with van der Waals surface area (Å²) in [7, 11) is 2.18. The largest absolute Gasteiger partial charge is 0.324 e. The van der Waals surface area contributed by atoms with Gasteiger partial charge in [-0.25, -0.2) is 0 Å². The lowest BCUT2D eigenvalue weighted by atomic mass is 10.2. The molecule has 2 rings (SSSR count). The molecule has 0 N–H and O–H groups in total. The summed E-state index contributed by atoms with van der Waals surface area (Å²) < 4.78 is 2.19. The number of likely N-dealkylation sites (N-methyl/N-ethyl adjacent to an activating group) is 1. The summed E-state index contributed by atoms with van der Waals surface area (Å²) >= 11 is 0. The van der Waals surface area contributed by atoms with Gasteiger partial charge in [-0.1, -0.05) is 19.9 Å². The second-order valence-electron chi connectivity index (χ2n) is 4.66. The first-order valence-corrected chi connectivity index (χ1v) is 6.93. The molecular formula is C16H26N2. The predicted octanol–water partition coefficient (Wildman–Crippen LogP) is 3.85. The fraction of sp³-hybridized carbons (Fsp3) is 0.500. The van der Waals surface area contributed by atoms with Crippen LogP contribution >= 0.6 is 0 Å². The molecule has 0 saturated heterocycles. The Hall–Kier alpha value is -1.28. The van der Waals surface area contributed by atoms with E-state index < -0.39 is 0 Å². The van der Waals surface area contributed by atoms with Gasteiger partial charge in [-0.05, 0) is 51.1 Å². The molecule has 0 bridgehead atoms. The van der Waals surface area contributed by atoms with Crippen molar-refractivity contribution in [2.24, 2.45) is 0 Å². The molecule has 0 aromatic carbocycles. The maximum atomic E-state index is 2.38. The molecule has 100 valence electrons. The lowest BCUT2D eigenvalue weighted by molar-refractivity contribution is 0.278. The van der Waals surface area contributed by atoms with Crippen LogP contribution in [0.4, 0.5) is 0 Å². The van der Waals surface area contributed by atoms with Crippen LogP contribution in [0.25, 0.3) is 5.52 Å². The summed E-state index contributed by atoms with van der Waals surface area (Å²) in [5, 5.41) is 0. The van der Waals surface area contributed by atoms with E-state index in [1.54, 1.807) is 0 Å². The van der Waals surface area contributed by atoms with Gasteiger partial charge in [-0.15, -0.1) is 0 Å². The first-order valence-electron chi connectivity index (χ1n) is 6.93. The summed E-state index contributed by atoms with van der Waals surface area (Å²) in [5.74, 6) is 0. The second kappa shape index (κ2) is 7.22. The molecule has 0 atom stereocenters. The number of pyridine rings is 1. The van der Waals surface area contributed by atoms with Crippen LogP contribution in [0.5, 0.6) is 0 Å². The minimum atomic E-state index is 0.619. The predicted molar refractivity (Wildman–Crippen MR) is 80.2 cm³/mol. The molecule has 18 heavy (non-hydrogen) atoms. The smallest absolute Gasteiger partial charge is 0.0482 e. The van der Waals surface area contributed by atoms with Crippen LogP contribution < -0.4 is 0 Å². The molecule has 2 aromatic rings. The van der Waals surface area contributed by atoms with Crippen molar-refractivity contribution >= 4 is 5.52 Å². The van der Waals surface area contributed by atoms with Gasteiger partial charge in [-0.2, -0.15) is 0 Å². The van der Waals surface area contributed by atoms with Gasteiger partial charge in [0.15, 0.2) is 0 Å². The molecule has 2 heteroatoms. The van der Waals surface area contributed by atoms with Gasteiger partial charge in [-0.3, -0.25) is 0 Å². The molecule has 0 unspecified atom stereocenters. The zero-order valence-corrected chi connectivity index (χ0v) is 12.4. The average molecular weight is 246 g/mol. The van der Waals surface area contributed by atoms with Crippen molar-refractivity contribution in [2.45, 2.75) is 40.2 Å². The molecule has 0 aliphatic carbocycles. The molecule has 0 saturated carbocycles. The number of aromatic nitrogens is 1. The Morgan fingerprint density at radius 1 is 1.11 bits per heavy atom. The molecule has 2 nitrogen and oxygen atoms in total. The number of hydrogen-bond acceptors (Lipinski definition) is 1. The standard InChI is InChI=1S/C14H20N2.C2H6/c1-12(2)15(3)10-7-13-8-11-16-9-5-4-6-14(13)16;1-2/h4-6,8-9,11-12H,7,10H2,1-3H3;1-2H3. The van der Waals surface area contributed by atoms with E-state index >= 15 is 0 Å². The maximum absolute atomic E-state index is 2.38. The fourth-order valence-corrected chi connectivity index (χ4v) is 1.88. The molecule has 2 aromatic heterocycles. The van der Waals surface area contributed by atoms with E-state index in [1.165, 1.54) is 11.1 Å². The minimum Gasteiger partial charge on any atom is -0.324 e. The lowest BCUT2D eigenvalue weighted by Crippen LogP contribution is -2.28. The van der Waals surface area contributed by atoms with Crippen molar-refractivity contribution in [2.75, 3.05) is 13.6 Å². The molecule has 2 heterocycles. The Balaban J connectivity index is 0.000000771. The highest BCUT2D eigenvalue weighted by atomic mass is 15.1. The number of nitrogens with zero attached hydrogens (tertiary/aromatic N) is 2. The Morgan fingerprint density at radius 3 is 2.50 bits per heavy atom. The van der Waals surface area contributed by atoms with Crippen LogP contribution in [0.1, 0.15) is 33.3 Å². The number of rotatable bonds is 4. The van der Waals surface area contributed by atoms with Crippen LogP contribution in [0.2, 0.25) is 0 Å². The van der Waals surface area contributed by atoms with Gasteiger partial charge in [0.1, 0.15) is 0 Å². The number of fused-ring (bicyclic) bond motifs is 1. The molecule has 0 aliphatic heterocycles. The first kappa shape index (κ1) is 14.8. The van der Waals surface area contributed by atoms with E-state index in [1.807, 2.05) is 13.8 Å². The maximum Gasteiger partial charge on any atom is 0.0482 e. The summed E-state index contributed by atoms with van der Waals surface area (Å²) in [4.78, 5) is 2.38. The van der Waals surface area contributed by atoms with Crippen LogP contribution in [0.15, 0.2) is 36.7 Å². The highest BCUT2D eigenvalue weighted by Crippen LogP contribution is 2.13. The van der Waals surface area contributed by atoms with E-state index in [0.717, 1.165) is 13.0 Å². The zero-order chi connectivity index (χ0) is 13.5. The van der Waals surface area contributed by atoms with Gasteiger partial charge < -0.3 is 9.30 Å². The van der Waals surface area contributed by atoms with Gasteiger partial charge >= 0.3 is 0 Å². The van der Waals surface area contributed by atoms with Crippen LogP contribution in [0.3, 0.4) is 0 Å². The monoisotopic (exact) mass is 246 g/mol. The first-order chi connectivity index (χ1) is 8.68. The highest BCUT2D eigenvalue weighted by molar-refractivity contribution is 5.55. The topological polar surface area (TPSA) is 7.65 Å².